The molecule has 2 aliphatic rings. The minimum absolute atomic E-state index is 0. The quantitative estimate of drug-likeness (QED) is 0.702. The fraction of sp³-hybridized carbons (Fsp3) is 0.682. The highest BCUT2D eigenvalue weighted by Gasteiger charge is 2.40. The summed E-state index contributed by atoms with van der Waals surface area (Å²) in [5, 5.41) is 0. The number of amides is 1. The standard InChI is InChI=1S/C22H36N4O.2ClH/c1-24(2)15-16-26-18-22(9-7-21(26)27)10-13-25(14-11-22)17-20-5-3-19(4-6-20)8-12-23;;/h3-6H,7-18,23H2,1-2H3;2*1H. The predicted octanol–water partition coefficient (Wildman–Crippen LogP) is 2.80. The Morgan fingerprint density at radius 2 is 1.66 bits per heavy atom. The monoisotopic (exact) mass is 444 g/mol. The van der Waals surface area contributed by atoms with Gasteiger partial charge in [-0.2, -0.15) is 0 Å². The second-order valence-corrected chi connectivity index (χ2v) is 8.75. The predicted molar refractivity (Wildman–Crippen MR) is 125 cm³/mol. The molecule has 0 bridgehead atoms. The van der Waals surface area contributed by atoms with Gasteiger partial charge in [-0.25, -0.2) is 0 Å². The number of likely N-dealkylation sites (tertiary alicyclic amines) is 2. The molecular formula is C22H38Cl2N4O. The molecule has 2 N–H and O–H groups in total. The second-order valence-electron chi connectivity index (χ2n) is 8.75. The minimum atomic E-state index is 0. The summed E-state index contributed by atoms with van der Waals surface area (Å²) in [6.07, 6.45) is 5.19. The van der Waals surface area contributed by atoms with Crippen molar-refractivity contribution < 1.29 is 4.79 Å². The van der Waals surface area contributed by atoms with Crippen molar-refractivity contribution in [2.75, 3.05) is 53.4 Å². The maximum atomic E-state index is 12.3. The highest BCUT2D eigenvalue weighted by Crippen LogP contribution is 2.40. The van der Waals surface area contributed by atoms with Crippen LogP contribution in [0, 0.1) is 5.41 Å². The third-order valence-corrected chi connectivity index (χ3v) is 6.34. The van der Waals surface area contributed by atoms with Gasteiger partial charge in [0.2, 0.25) is 5.91 Å². The van der Waals surface area contributed by atoms with E-state index in [1.54, 1.807) is 0 Å². The van der Waals surface area contributed by atoms with Crippen molar-refractivity contribution in [1.82, 2.24) is 14.7 Å². The first-order valence-corrected chi connectivity index (χ1v) is 10.4. The van der Waals surface area contributed by atoms with E-state index in [1.165, 1.54) is 24.0 Å². The molecule has 0 aliphatic carbocycles. The number of carbonyl (C=O) groups is 1. The zero-order valence-electron chi connectivity index (χ0n) is 17.9. The van der Waals surface area contributed by atoms with Crippen molar-refractivity contribution in [3.63, 3.8) is 0 Å². The van der Waals surface area contributed by atoms with E-state index in [0.717, 1.165) is 58.5 Å². The number of benzene rings is 1. The van der Waals surface area contributed by atoms with Crippen LogP contribution in [0.5, 0.6) is 0 Å². The highest BCUT2D eigenvalue weighted by molar-refractivity contribution is 5.85. The van der Waals surface area contributed by atoms with Gasteiger partial charge in [-0.15, -0.1) is 24.8 Å². The first kappa shape index (κ1) is 26.2. The maximum Gasteiger partial charge on any atom is 0.222 e. The largest absolute Gasteiger partial charge is 0.341 e. The lowest BCUT2D eigenvalue weighted by atomic mass is 9.72. The Hall–Kier alpha value is -0.850. The summed E-state index contributed by atoms with van der Waals surface area (Å²) < 4.78 is 0. The fourth-order valence-electron chi connectivity index (χ4n) is 4.46. The number of halogens is 2. The summed E-state index contributed by atoms with van der Waals surface area (Å²) in [6, 6.07) is 8.92. The number of carbonyl (C=O) groups excluding carboxylic acids is 1. The molecule has 2 saturated heterocycles. The topological polar surface area (TPSA) is 52.8 Å². The van der Waals surface area contributed by atoms with Gasteiger partial charge in [-0.3, -0.25) is 9.69 Å². The molecule has 166 valence electrons. The zero-order chi connectivity index (χ0) is 19.3. The Labute approximate surface area is 188 Å². The molecule has 0 unspecified atom stereocenters. The van der Waals surface area contributed by atoms with E-state index in [4.69, 9.17) is 5.73 Å². The van der Waals surface area contributed by atoms with E-state index in [-0.39, 0.29) is 24.8 Å². The summed E-state index contributed by atoms with van der Waals surface area (Å²) in [5.74, 6) is 0.350. The van der Waals surface area contributed by atoms with Crippen LogP contribution in [0.4, 0.5) is 0 Å². The van der Waals surface area contributed by atoms with Crippen LogP contribution in [0.1, 0.15) is 36.8 Å². The van der Waals surface area contributed by atoms with Gasteiger partial charge in [-0.1, -0.05) is 24.3 Å². The minimum Gasteiger partial charge on any atom is -0.341 e. The van der Waals surface area contributed by atoms with E-state index in [1.807, 2.05) is 0 Å². The summed E-state index contributed by atoms with van der Waals surface area (Å²) >= 11 is 0. The first-order valence-electron chi connectivity index (χ1n) is 10.4. The van der Waals surface area contributed by atoms with Gasteiger partial charge in [0.05, 0.1) is 0 Å². The van der Waals surface area contributed by atoms with Crippen molar-refractivity contribution in [1.29, 1.82) is 0 Å². The van der Waals surface area contributed by atoms with E-state index in [0.29, 0.717) is 17.9 Å². The number of hydrogen-bond acceptors (Lipinski definition) is 4. The van der Waals surface area contributed by atoms with Crippen LogP contribution in [0.2, 0.25) is 0 Å². The van der Waals surface area contributed by atoms with E-state index in [2.05, 4.69) is 53.1 Å². The van der Waals surface area contributed by atoms with Crippen molar-refractivity contribution in [2.45, 2.75) is 38.6 Å². The molecule has 0 atom stereocenters. The number of rotatable bonds is 7. The third-order valence-electron chi connectivity index (χ3n) is 6.34. The first-order chi connectivity index (χ1) is 13.0. The van der Waals surface area contributed by atoms with Crippen LogP contribution in [0.3, 0.4) is 0 Å². The molecule has 5 nitrogen and oxygen atoms in total. The zero-order valence-corrected chi connectivity index (χ0v) is 19.6. The normalized spacial score (nSPS) is 19.2. The Kier molecular flexibility index (Phi) is 10.9. The van der Waals surface area contributed by atoms with Crippen LogP contribution in [-0.2, 0) is 17.8 Å². The average molecular weight is 445 g/mol. The lowest BCUT2D eigenvalue weighted by Gasteiger charge is -2.47. The molecule has 3 rings (SSSR count). The van der Waals surface area contributed by atoms with Crippen molar-refractivity contribution in [3.8, 4) is 0 Å². The summed E-state index contributed by atoms with van der Waals surface area (Å²) in [4.78, 5) is 19.2. The maximum absolute atomic E-state index is 12.3. The van der Waals surface area contributed by atoms with E-state index >= 15 is 0 Å². The lowest BCUT2D eigenvalue weighted by molar-refractivity contribution is -0.139. The van der Waals surface area contributed by atoms with Crippen molar-refractivity contribution in [3.05, 3.63) is 35.4 Å². The fourth-order valence-corrected chi connectivity index (χ4v) is 4.46. The molecule has 2 aliphatic heterocycles. The molecule has 7 heteroatoms. The molecule has 2 fully saturated rings. The van der Waals surface area contributed by atoms with Gasteiger partial charge in [0, 0.05) is 32.6 Å². The lowest BCUT2D eigenvalue weighted by Crippen LogP contribution is -2.52. The van der Waals surface area contributed by atoms with Crippen molar-refractivity contribution >= 4 is 30.7 Å². The number of piperidine rings is 2. The second kappa shape index (κ2) is 12.1. The van der Waals surface area contributed by atoms with Gasteiger partial charge >= 0.3 is 0 Å². The molecular weight excluding hydrogens is 407 g/mol. The number of nitrogens with zero attached hydrogens (tertiary/aromatic N) is 3. The third kappa shape index (κ3) is 7.41. The summed E-state index contributed by atoms with van der Waals surface area (Å²) in [6.45, 7) is 6.80. The molecule has 1 aromatic rings. The molecule has 2 heterocycles. The average Bonchev–Trinajstić information content (AvgIpc) is 2.66. The molecule has 1 amide bonds. The number of hydrogen-bond donors (Lipinski definition) is 1. The molecule has 1 spiro atoms. The van der Waals surface area contributed by atoms with Crippen LogP contribution in [-0.4, -0.2) is 74.0 Å². The molecule has 0 aromatic heterocycles. The van der Waals surface area contributed by atoms with E-state index in [9.17, 15) is 4.79 Å². The van der Waals surface area contributed by atoms with Gasteiger partial charge in [0.15, 0.2) is 0 Å². The van der Waals surface area contributed by atoms with Gasteiger partial charge < -0.3 is 15.5 Å². The Bertz CT molecular complexity index is 616. The van der Waals surface area contributed by atoms with Crippen molar-refractivity contribution in [2.24, 2.45) is 11.1 Å². The number of likely N-dealkylation sites (N-methyl/N-ethyl adjacent to an activating group) is 1. The highest BCUT2D eigenvalue weighted by atomic mass is 35.5. The Morgan fingerprint density at radius 1 is 1.03 bits per heavy atom. The smallest absolute Gasteiger partial charge is 0.222 e. The SMILES string of the molecule is CN(C)CCN1CC2(CCC1=O)CCN(Cc1ccc(CCN)cc1)CC2.Cl.Cl. The van der Waals surface area contributed by atoms with Crippen LogP contribution in [0.25, 0.3) is 0 Å². The molecule has 0 saturated carbocycles. The van der Waals surface area contributed by atoms with Gasteiger partial charge in [0.25, 0.3) is 0 Å². The number of nitrogens with two attached hydrogens (primary N) is 1. The summed E-state index contributed by atoms with van der Waals surface area (Å²) in [7, 11) is 4.15. The molecule has 29 heavy (non-hydrogen) atoms. The van der Waals surface area contributed by atoms with Gasteiger partial charge in [-0.05, 0) is 76.0 Å². The summed E-state index contributed by atoms with van der Waals surface area (Å²) in [5.41, 5.74) is 8.69. The van der Waals surface area contributed by atoms with E-state index < -0.39 is 0 Å². The van der Waals surface area contributed by atoms with Gasteiger partial charge in [0.1, 0.15) is 0 Å². The Morgan fingerprint density at radius 3 is 2.24 bits per heavy atom. The van der Waals surface area contributed by atoms with Crippen LogP contribution in [0.15, 0.2) is 24.3 Å². The van der Waals surface area contributed by atoms with Crippen LogP contribution < -0.4 is 5.73 Å². The molecule has 1 aromatic carbocycles. The Balaban J connectivity index is 0.00000210. The molecule has 0 radical (unpaired) electrons. The van der Waals surface area contributed by atoms with Crippen LogP contribution >= 0.6 is 24.8 Å².